The van der Waals surface area contributed by atoms with Crippen LogP contribution in [-0.4, -0.2) is 48.6 Å². The molecule has 3 atom stereocenters. The first-order valence-electron chi connectivity index (χ1n) is 5.46. The van der Waals surface area contributed by atoms with E-state index in [-0.39, 0.29) is 11.9 Å². The Kier molecular flexibility index (Phi) is 2.74. The van der Waals surface area contributed by atoms with Crippen molar-refractivity contribution in [3.8, 4) is 0 Å². The molecule has 1 amide bonds. The minimum atomic E-state index is 0.0954. The van der Waals surface area contributed by atoms with Crippen molar-refractivity contribution in [3.63, 3.8) is 0 Å². The molecule has 2 unspecified atom stereocenters. The van der Waals surface area contributed by atoms with Gasteiger partial charge in [0.15, 0.2) is 0 Å². The average Bonchev–Trinajstić information content (AvgIpc) is 2.00. The summed E-state index contributed by atoms with van der Waals surface area (Å²) in [6, 6.07) is 0.750. The van der Waals surface area contributed by atoms with E-state index >= 15 is 0 Å². The largest absolute Gasteiger partial charge is 0.333 e. The summed E-state index contributed by atoms with van der Waals surface area (Å²) in [4.78, 5) is 14.1. The van der Waals surface area contributed by atoms with Gasteiger partial charge in [0.1, 0.15) is 0 Å². The smallest absolute Gasteiger partial charge is 0.240 e. The van der Waals surface area contributed by atoms with Crippen LogP contribution in [0.15, 0.2) is 0 Å². The van der Waals surface area contributed by atoms with Crippen LogP contribution in [0.25, 0.3) is 0 Å². The van der Waals surface area contributed by atoms with Gasteiger partial charge < -0.3 is 15.5 Å². The van der Waals surface area contributed by atoms with E-state index in [1.54, 1.807) is 0 Å². The number of amides is 1. The van der Waals surface area contributed by atoms with Crippen molar-refractivity contribution in [2.24, 2.45) is 0 Å². The topological polar surface area (TPSA) is 44.4 Å². The maximum Gasteiger partial charge on any atom is 0.240 e. The molecule has 0 aliphatic carbocycles. The lowest BCUT2D eigenvalue weighted by atomic mass is 10.0. The van der Waals surface area contributed by atoms with Crippen molar-refractivity contribution in [2.45, 2.75) is 38.4 Å². The normalized spacial score (nSPS) is 37.9. The van der Waals surface area contributed by atoms with Gasteiger partial charge in [-0.3, -0.25) is 4.79 Å². The molecule has 0 aromatic heterocycles. The minimum absolute atomic E-state index is 0.0954. The SMILES string of the molecule is CC1CNCC(C)N1C(=O)[C@H]1CCN1. The predicted molar refractivity (Wildman–Crippen MR) is 55.0 cm³/mol. The van der Waals surface area contributed by atoms with Gasteiger partial charge in [-0.1, -0.05) is 0 Å². The van der Waals surface area contributed by atoms with Gasteiger partial charge in [-0.15, -0.1) is 0 Å². The Morgan fingerprint density at radius 3 is 2.29 bits per heavy atom. The molecule has 0 aromatic carbocycles. The first-order valence-corrected chi connectivity index (χ1v) is 5.46. The molecule has 2 saturated heterocycles. The molecule has 0 radical (unpaired) electrons. The Hall–Kier alpha value is -0.610. The molecule has 2 aliphatic heterocycles. The van der Waals surface area contributed by atoms with Crippen LogP contribution >= 0.6 is 0 Å². The molecule has 0 aromatic rings. The summed E-state index contributed by atoms with van der Waals surface area (Å²) >= 11 is 0. The molecular formula is C10H19N3O. The van der Waals surface area contributed by atoms with E-state index in [0.717, 1.165) is 26.1 Å². The molecule has 2 rings (SSSR count). The van der Waals surface area contributed by atoms with E-state index in [0.29, 0.717) is 12.1 Å². The van der Waals surface area contributed by atoms with Crippen molar-refractivity contribution in [1.82, 2.24) is 15.5 Å². The second-order valence-electron chi connectivity index (χ2n) is 4.40. The number of hydrogen-bond donors (Lipinski definition) is 2. The van der Waals surface area contributed by atoms with Crippen LogP contribution < -0.4 is 10.6 Å². The Morgan fingerprint density at radius 1 is 1.29 bits per heavy atom. The predicted octanol–water partition coefficient (Wildman–Crippen LogP) is -0.443. The summed E-state index contributed by atoms with van der Waals surface area (Å²) in [5, 5.41) is 6.50. The van der Waals surface area contributed by atoms with Crippen molar-refractivity contribution in [2.75, 3.05) is 19.6 Å². The Balaban J connectivity index is 2.01. The van der Waals surface area contributed by atoms with Crippen LogP contribution in [0.3, 0.4) is 0 Å². The highest BCUT2D eigenvalue weighted by Gasteiger charge is 2.35. The van der Waals surface area contributed by atoms with Crippen LogP contribution in [0.4, 0.5) is 0 Å². The van der Waals surface area contributed by atoms with Crippen LogP contribution in [0.1, 0.15) is 20.3 Å². The number of hydrogen-bond acceptors (Lipinski definition) is 3. The van der Waals surface area contributed by atoms with Crippen LogP contribution in [-0.2, 0) is 4.79 Å². The van der Waals surface area contributed by atoms with Gasteiger partial charge in [0, 0.05) is 25.2 Å². The summed E-state index contributed by atoms with van der Waals surface area (Å²) in [5.41, 5.74) is 0. The van der Waals surface area contributed by atoms with Crippen molar-refractivity contribution in [3.05, 3.63) is 0 Å². The molecule has 14 heavy (non-hydrogen) atoms. The molecule has 4 nitrogen and oxygen atoms in total. The Morgan fingerprint density at radius 2 is 1.86 bits per heavy atom. The summed E-state index contributed by atoms with van der Waals surface area (Å²) in [7, 11) is 0. The highest BCUT2D eigenvalue weighted by atomic mass is 16.2. The van der Waals surface area contributed by atoms with Crippen LogP contribution in [0.2, 0.25) is 0 Å². The summed E-state index contributed by atoms with van der Waals surface area (Å²) in [5.74, 6) is 0.290. The number of carbonyl (C=O) groups is 1. The standard InChI is InChI=1S/C10H19N3O/c1-7-5-11-6-8(2)13(7)10(14)9-3-4-12-9/h7-9,11-12H,3-6H2,1-2H3/t7?,8?,9-/m1/s1. The van der Waals surface area contributed by atoms with Crippen LogP contribution in [0.5, 0.6) is 0 Å². The first-order chi connectivity index (χ1) is 6.70. The minimum Gasteiger partial charge on any atom is -0.333 e. The van der Waals surface area contributed by atoms with Gasteiger partial charge in [0.05, 0.1) is 6.04 Å². The van der Waals surface area contributed by atoms with Gasteiger partial charge in [0.25, 0.3) is 0 Å². The molecule has 2 N–H and O–H groups in total. The van der Waals surface area contributed by atoms with Crippen molar-refractivity contribution < 1.29 is 4.79 Å². The molecule has 80 valence electrons. The molecule has 0 spiro atoms. The number of nitrogens with zero attached hydrogens (tertiary/aromatic N) is 1. The summed E-state index contributed by atoms with van der Waals surface area (Å²) in [6.45, 7) is 7.05. The van der Waals surface area contributed by atoms with Gasteiger partial charge in [0.2, 0.25) is 5.91 Å². The third-order valence-electron chi connectivity index (χ3n) is 3.21. The second-order valence-corrected chi connectivity index (χ2v) is 4.40. The quantitative estimate of drug-likeness (QED) is 0.599. The van der Waals surface area contributed by atoms with Crippen molar-refractivity contribution in [1.29, 1.82) is 0 Å². The van der Waals surface area contributed by atoms with E-state index < -0.39 is 0 Å². The lowest BCUT2D eigenvalue weighted by molar-refractivity contribution is -0.140. The number of nitrogens with one attached hydrogen (secondary N) is 2. The number of rotatable bonds is 1. The maximum absolute atomic E-state index is 12.0. The molecule has 0 saturated carbocycles. The zero-order valence-electron chi connectivity index (χ0n) is 8.92. The molecule has 4 heteroatoms. The van der Waals surface area contributed by atoms with E-state index in [1.807, 2.05) is 4.90 Å². The first kappa shape index (κ1) is 9.93. The summed E-state index contributed by atoms with van der Waals surface area (Å²) in [6.07, 6.45) is 1.00. The van der Waals surface area contributed by atoms with Gasteiger partial charge in [-0.05, 0) is 26.8 Å². The molecule has 2 aliphatic rings. The molecule has 2 heterocycles. The Bertz CT molecular complexity index is 217. The third kappa shape index (κ3) is 1.64. The van der Waals surface area contributed by atoms with Gasteiger partial charge in [-0.2, -0.15) is 0 Å². The third-order valence-corrected chi connectivity index (χ3v) is 3.21. The van der Waals surface area contributed by atoms with Gasteiger partial charge >= 0.3 is 0 Å². The highest BCUT2D eigenvalue weighted by molar-refractivity contribution is 5.83. The van der Waals surface area contributed by atoms with E-state index in [2.05, 4.69) is 24.5 Å². The average molecular weight is 197 g/mol. The van der Waals surface area contributed by atoms with E-state index in [9.17, 15) is 4.79 Å². The molecule has 2 fully saturated rings. The lowest BCUT2D eigenvalue weighted by Gasteiger charge is -2.43. The summed E-state index contributed by atoms with van der Waals surface area (Å²) < 4.78 is 0. The van der Waals surface area contributed by atoms with Crippen molar-refractivity contribution >= 4 is 5.91 Å². The van der Waals surface area contributed by atoms with Gasteiger partial charge in [-0.25, -0.2) is 0 Å². The lowest BCUT2D eigenvalue weighted by Crippen LogP contribution is -2.63. The fourth-order valence-electron chi connectivity index (χ4n) is 2.25. The maximum atomic E-state index is 12.0. The Labute approximate surface area is 85.0 Å². The van der Waals surface area contributed by atoms with Crippen LogP contribution in [0, 0.1) is 0 Å². The number of carbonyl (C=O) groups excluding carboxylic acids is 1. The highest BCUT2D eigenvalue weighted by Crippen LogP contribution is 2.15. The second kappa shape index (κ2) is 3.87. The fourth-order valence-corrected chi connectivity index (χ4v) is 2.25. The molecular weight excluding hydrogens is 178 g/mol. The zero-order chi connectivity index (χ0) is 10.1. The molecule has 0 bridgehead atoms. The monoisotopic (exact) mass is 197 g/mol. The zero-order valence-corrected chi connectivity index (χ0v) is 8.92. The number of piperazine rings is 1. The van der Waals surface area contributed by atoms with E-state index in [1.165, 1.54) is 0 Å². The fraction of sp³-hybridized carbons (Fsp3) is 0.900. The van der Waals surface area contributed by atoms with E-state index in [4.69, 9.17) is 0 Å².